The van der Waals surface area contributed by atoms with Crippen LogP contribution >= 0.6 is 11.6 Å². The van der Waals surface area contributed by atoms with Gasteiger partial charge in [0, 0.05) is 11.6 Å². The summed E-state index contributed by atoms with van der Waals surface area (Å²) in [5, 5.41) is 10.1. The van der Waals surface area contributed by atoms with Gasteiger partial charge in [0.25, 0.3) is 0 Å². The first-order valence-corrected chi connectivity index (χ1v) is 3.99. The lowest BCUT2D eigenvalue weighted by Gasteiger charge is -2.02. The van der Waals surface area contributed by atoms with Crippen LogP contribution in [0.4, 0.5) is 4.39 Å². The number of phenols is 1. The molecule has 0 unspecified atom stereocenters. The Morgan fingerprint density at radius 1 is 1.46 bits per heavy atom. The first-order valence-electron chi connectivity index (χ1n) is 3.62. The summed E-state index contributed by atoms with van der Waals surface area (Å²) in [6.07, 6.45) is 1.47. The molecule has 4 heteroatoms. The van der Waals surface area contributed by atoms with E-state index in [4.69, 9.17) is 11.6 Å². The average Bonchev–Trinajstić information content (AvgIpc) is 2.15. The van der Waals surface area contributed by atoms with E-state index in [1.54, 1.807) is 12.1 Å². The van der Waals surface area contributed by atoms with Crippen molar-refractivity contribution in [1.29, 1.82) is 0 Å². The molecule has 1 aromatic carbocycles. The van der Waals surface area contributed by atoms with Crippen LogP contribution in [0.25, 0.3) is 10.9 Å². The van der Waals surface area contributed by atoms with Crippen LogP contribution in [0.3, 0.4) is 0 Å². The summed E-state index contributed by atoms with van der Waals surface area (Å²) in [5.41, 5.74) is 0.188. The molecule has 0 aliphatic heterocycles. The first-order chi connectivity index (χ1) is 6.20. The van der Waals surface area contributed by atoms with Crippen LogP contribution in [0, 0.1) is 5.82 Å². The maximum absolute atomic E-state index is 12.9. The van der Waals surface area contributed by atoms with E-state index in [1.165, 1.54) is 6.20 Å². The molecule has 0 aliphatic rings. The van der Waals surface area contributed by atoms with Crippen LogP contribution in [0.5, 0.6) is 5.75 Å². The highest BCUT2D eigenvalue weighted by molar-refractivity contribution is 6.35. The van der Waals surface area contributed by atoms with Crippen molar-refractivity contribution in [3.63, 3.8) is 0 Å². The van der Waals surface area contributed by atoms with Crippen LogP contribution in [0.1, 0.15) is 0 Å². The molecule has 0 saturated carbocycles. The zero-order valence-corrected chi connectivity index (χ0v) is 7.22. The van der Waals surface area contributed by atoms with Gasteiger partial charge in [-0.1, -0.05) is 11.6 Å². The van der Waals surface area contributed by atoms with E-state index in [1.807, 2.05) is 0 Å². The molecule has 1 aromatic heterocycles. The number of nitrogens with zero attached hydrogens (tertiary/aromatic N) is 1. The van der Waals surface area contributed by atoms with Gasteiger partial charge in [-0.05, 0) is 18.2 Å². The smallest absolute Gasteiger partial charge is 0.178 e. The van der Waals surface area contributed by atoms with Gasteiger partial charge < -0.3 is 5.11 Å². The molecule has 0 amide bonds. The molecule has 66 valence electrons. The minimum absolute atomic E-state index is 0.188. The van der Waals surface area contributed by atoms with Crippen molar-refractivity contribution in [1.82, 2.24) is 4.98 Å². The van der Waals surface area contributed by atoms with Crippen LogP contribution in [-0.2, 0) is 0 Å². The molecule has 13 heavy (non-hydrogen) atoms. The van der Waals surface area contributed by atoms with E-state index in [0.717, 1.165) is 6.07 Å². The quantitative estimate of drug-likeness (QED) is 0.705. The summed E-state index contributed by atoms with van der Waals surface area (Å²) in [6, 6.07) is 4.41. The number of hydrogen-bond donors (Lipinski definition) is 1. The molecule has 0 fully saturated rings. The van der Waals surface area contributed by atoms with Crippen molar-refractivity contribution in [2.45, 2.75) is 0 Å². The standard InChI is InChI=1S/C9H5ClFNO/c10-6-4-7(11)9(13)8-5(6)2-1-3-12-8/h1-4,13H/i11+0. The zero-order chi connectivity index (χ0) is 9.42. The lowest BCUT2D eigenvalue weighted by Crippen LogP contribution is -1.84. The van der Waals surface area contributed by atoms with Crippen molar-refractivity contribution in [3.05, 3.63) is 35.2 Å². The van der Waals surface area contributed by atoms with Crippen molar-refractivity contribution in [2.24, 2.45) is 0 Å². The number of phenolic OH excluding ortho intramolecular Hbond substituents is 1. The maximum Gasteiger partial charge on any atom is 0.178 e. The van der Waals surface area contributed by atoms with Crippen LogP contribution in [0.15, 0.2) is 24.4 Å². The fraction of sp³-hybridized carbons (Fsp3) is 0. The van der Waals surface area contributed by atoms with Crippen molar-refractivity contribution < 1.29 is 9.50 Å². The van der Waals surface area contributed by atoms with Crippen LogP contribution in [0.2, 0.25) is 5.02 Å². The van der Waals surface area contributed by atoms with Gasteiger partial charge in [-0.25, -0.2) is 4.39 Å². The van der Waals surface area contributed by atoms with Crippen molar-refractivity contribution >= 4 is 22.5 Å². The van der Waals surface area contributed by atoms with Gasteiger partial charge in [-0.3, -0.25) is 4.98 Å². The molecule has 1 heterocycles. The predicted octanol–water partition coefficient (Wildman–Crippen LogP) is 2.73. The third-order valence-corrected chi connectivity index (χ3v) is 2.08. The third-order valence-electron chi connectivity index (χ3n) is 1.77. The molecule has 2 aromatic rings. The minimum atomic E-state index is -0.754. The summed E-state index contributed by atoms with van der Waals surface area (Å²) in [7, 11) is 0. The Morgan fingerprint density at radius 3 is 3.00 bits per heavy atom. The number of halogens is 2. The predicted molar refractivity (Wildman–Crippen MR) is 48.4 cm³/mol. The number of aromatic hydroxyl groups is 1. The van der Waals surface area contributed by atoms with E-state index in [9.17, 15) is 9.50 Å². The van der Waals surface area contributed by atoms with Gasteiger partial charge in [0.05, 0.1) is 5.02 Å². The number of benzene rings is 1. The van der Waals surface area contributed by atoms with E-state index in [0.29, 0.717) is 5.39 Å². The summed E-state index contributed by atoms with van der Waals surface area (Å²) in [6.45, 7) is 0. The molecule has 0 atom stereocenters. The topological polar surface area (TPSA) is 33.1 Å². The molecule has 0 saturated heterocycles. The molecule has 1 N–H and O–H groups in total. The summed E-state index contributed by atoms with van der Waals surface area (Å²) < 4.78 is 12.9. The monoisotopic (exact) mass is 197 g/mol. The largest absolute Gasteiger partial charge is 0.503 e. The van der Waals surface area contributed by atoms with Crippen molar-refractivity contribution in [3.8, 4) is 5.75 Å². The van der Waals surface area contributed by atoms with Gasteiger partial charge in [-0.2, -0.15) is 0 Å². The molecule has 0 spiro atoms. The second-order valence-corrected chi connectivity index (χ2v) is 3.00. The van der Waals surface area contributed by atoms with Crippen LogP contribution in [-0.4, -0.2) is 10.1 Å². The molecular formula is C9H5ClFNO. The normalized spacial score (nSPS) is 10.6. The minimum Gasteiger partial charge on any atom is -0.503 e. The Morgan fingerprint density at radius 2 is 2.23 bits per heavy atom. The Hall–Kier alpha value is -1.35. The highest BCUT2D eigenvalue weighted by Gasteiger charge is 2.09. The molecular weight excluding hydrogens is 193 g/mol. The molecule has 2 nitrogen and oxygen atoms in total. The summed E-state index contributed by atoms with van der Waals surface area (Å²) >= 11 is 5.74. The fourth-order valence-corrected chi connectivity index (χ4v) is 1.41. The van der Waals surface area contributed by atoms with E-state index >= 15 is 0 Å². The molecule has 0 radical (unpaired) electrons. The van der Waals surface area contributed by atoms with Crippen molar-refractivity contribution in [2.75, 3.05) is 0 Å². The molecule has 2 rings (SSSR count). The highest BCUT2D eigenvalue weighted by atomic mass is 35.5. The Kier molecular flexibility index (Phi) is 1.81. The van der Waals surface area contributed by atoms with Gasteiger partial charge >= 0.3 is 0 Å². The van der Waals surface area contributed by atoms with E-state index < -0.39 is 11.6 Å². The highest BCUT2D eigenvalue weighted by Crippen LogP contribution is 2.31. The average molecular weight is 198 g/mol. The first kappa shape index (κ1) is 8.26. The second kappa shape index (κ2) is 2.85. The summed E-state index contributed by atoms with van der Waals surface area (Å²) in [4.78, 5) is 3.83. The molecule has 0 bridgehead atoms. The SMILES string of the molecule is Oc1c([19F])cc(Cl)c2cccnc12. The Balaban J connectivity index is 2.97. The van der Waals surface area contributed by atoms with Gasteiger partial charge in [-0.15, -0.1) is 0 Å². The Bertz CT molecular complexity index is 472. The zero-order valence-electron chi connectivity index (χ0n) is 6.46. The summed E-state index contributed by atoms with van der Waals surface area (Å²) in [5.74, 6) is -1.21. The van der Waals surface area contributed by atoms with Gasteiger partial charge in [0.2, 0.25) is 0 Å². The lowest BCUT2D eigenvalue weighted by atomic mass is 10.2. The number of rotatable bonds is 0. The maximum atomic E-state index is 12.9. The molecule has 0 aliphatic carbocycles. The third kappa shape index (κ3) is 1.21. The number of fused-ring (bicyclic) bond motifs is 1. The van der Waals surface area contributed by atoms with E-state index in [2.05, 4.69) is 4.98 Å². The van der Waals surface area contributed by atoms with E-state index in [-0.39, 0.29) is 10.5 Å². The second-order valence-electron chi connectivity index (χ2n) is 2.59. The number of aromatic nitrogens is 1. The van der Waals surface area contributed by atoms with Gasteiger partial charge in [0.1, 0.15) is 5.52 Å². The Labute approximate surface area is 78.6 Å². The fourth-order valence-electron chi connectivity index (χ4n) is 1.16. The van der Waals surface area contributed by atoms with Crippen LogP contribution < -0.4 is 0 Å². The number of pyridine rings is 1. The van der Waals surface area contributed by atoms with Gasteiger partial charge in [0.15, 0.2) is 11.6 Å². The number of hydrogen-bond acceptors (Lipinski definition) is 2. The lowest BCUT2D eigenvalue weighted by molar-refractivity contribution is 0.437.